The lowest BCUT2D eigenvalue weighted by atomic mass is 9.19. The van der Waals surface area contributed by atoms with Gasteiger partial charge in [0.2, 0.25) is 6.67 Å². The van der Waals surface area contributed by atoms with Gasteiger partial charge in [-0.05, 0) is 23.7 Å². The van der Waals surface area contributed by atoms with Crippen LogP contribution in [0.4, 0.5) is 0 Å². The highest BCUT2D eigenvalue weighted by Crippen LogP contribution is 2.33. The fourth-order valence-electron chi connectivity index (χ4n) is 9.36. The first-order chi connectivity index (χ1) is 23.3. The molecule has 0 aliphatic rings. The Hall–Kier alpha value is -3.01. The molecule has 0 amide bonds. The summed E-state index contributed by atoms with van der Waals surface area (Å²) < 4.78 is 10.6. The Morgan fingerprint density at radius 3 is 0.959 bits per heavy atom. The van der Waals surface area contributed by atoms with E-state index in [2.05, 4.69) is 176 Å². The maximum Gasteiger partial charge on any atom is 0.226 e. The minimum absolute atomic E-state index is 0.442. The summed E-state index contributed by atoms with van der Waals surface area (Å²) in [6.07, 6.45) is 15.0. The van der Waals surface area contributed by atoms with E-state index in [0.29, 0.717) is 23.7 Å². The third-order valence-electron chi connectivity index (χ3n) is 13.1. The molecule has 2 heterocycles. The quantitative estimate of drug-likeness (QED) is 0.0838. The molecule has 0 radical (unpaired) electrons. The van der Waals surface area contributed by atoms with Crippen molar-refractivity contribution in [2.24, 2.45) is 0 Å². The Labute approximate surface area is 301 Å². The van der Waals surface area contributed by atoms with Crippen LogP contribution < -0.4 is 20.6 Å². The first-order valence-corrected chi connectivity index (χ1v) is 20.2. The van der Waals surface area contributed by atoms with E-state index < -0.39 is 12.3 Å². The highest BCUT2D eigenvalue weighted by molar-refractivity contribution is 6.90. The van der Waals surface area contributed by atoms with Gasteiger partial charge in [0.05, 0.1) is 11.4 Å². The molecular formula is C43H70B2N4. The monoisotopic (exact) mass is 665 g/mol. The van der Waals surface area contributed by atoms with Crippen molar-refractivity contribution in [3.8, 4) is 11.4 Å². The summed E-state index contributed by atoms with van der Waals surface area (Å²) in [6, 6.07) is 14.0. The molecule has 4 aromatic rings. The molecule has 0 saturated heterocycles. The molecule has 0 fully saturated rings. The Bertz CT molecular complexity index is 1490. The zero-order chi connectivity index (χ0) is 36.3. The van der Waals surface area contributed by atoms with Crippen molar-refractivity contribution in [1.82, 2.24) is 9.13 Å². The summed E-state index contributed by atoms with van der Waals surface area (Å²) in [5.74, 6) is 1.77. The number of hydrogen-bond donors (Lipinski definition) is 0. The van der Waals surface area contributed by atoms with Crippen molar-refractivity contribution in [2.75, 3.05) is 0 Å². The first-order valence-electron chi connectivity index (χ1n) is 20.2. The smallest absolute Gasteiger partial charge is 0.226 e. The third-order valence-corrected chi connectivity index (χ3v) is 13.1. The Morgan fingerprint density at radius 2 is 0.735 bits per heavy atom. The van der Waals surface area contributed by atoms with Gasteiger partial charge in [-0.3, -0.25) is 0 Å². The number of aromatic nitrogens is 4. The average Bonchev–Trinajstić information content (AvgIpc) is 3.71. The van der Waals surface area contributed by atoms with Gasteiger partial charge in [-0.2, -0.15) is 37.9 Å². The summed E-state index contributed by atoms with van der Waals surface area (Å²) in [6.45, 7) is 34.2. The van der Waals surface area contributed by atoms with Crippen LogP contribution in [0.5, 0.6) is 0 Å². The lowest BCUT2D eigenvalue weighted by Crippen LogP contribution is -2.74. The van der Waals surface area contributed by atoms with Gasteiger partial charge in [0.15, 0.2) is 0 Å². The van der Waals surface area contributed by atoms with Crippen molar-refractivity contribution >= 4 is 23.7 Å². The predicted molar refractivity (Wildman–Crippen MR) is 217 cm³/mol. The van der Waals surface area contributed by atoms with Crippen LogP contribution in [-0.4, -0.2) is 21.4 Å². The van der Waals surface area contributed by atoms with E-state index in [1.54, 1.807) is 0 Å². The van der Waals surface area contributed by atoms with Gasteiger partial charge >= 0.3 is 0 Å². The molecule has 0 saturated carbocycles. The van der Waals surface area contributed by atoms with Crippen molar-refractivity contribution in [3.05, 3.63) is 83.4 Å². The molecule has 0 unspecified atom stereocenters. The molecule has 4 nitrogen and oxygen atoms in total. The Kier molecular flexibility index (Phi) is 12.6. The number of rotatable bonds is 16. The lowest BCUT2D eigenvalue weighted by molar-refractivity contribution is -0.897. The SMILES string of the molecule is CC[B-](CC)(CC)c1n(-c2c(C(C)C)cccc2C(C)C)cc[n+]1C[n+]1ccn(-c2c(C(C)C)cccc2C(C)C)c1[B-](CC)(CC)CC. The van der Waals surface area contributed by atoms with Crippen molar-refractivity contribution < 1.29 is 9.13 Å². The number of hydrogen-bond acceptors (Lipinski definition) is 0. The summed E-state index contributed by atoms with van der Waals surface area (Å²) in [7, 11) is 0. The van der Waals surface area contributed by atoms with Crippen LogP contribution in [0.3, 0.4) is 0 Å². The van der Waals surface area contributed by atoms with E-state index in [4.69, 9.17) is 0 Å². The van der Waals surface area contributed by atoms with Crippen molar-refractivity contribution in [1.29, 1.82) is 0 Å². The van der Waals surface area contributed by atoms with Gasteiger partial charge in [-0.25, -0.2) is 18.3 Å². The fraction of sp³-hybridized carbons (Fsp3) is 0.581. The van der Waals surface area contributed by atoms with Crippen molar-refractivity contribution in [2.45, 2.75) is 165 Å². The van der Waals surface area contributed by atoms with Gasteiger partial charge in [-0.1, -0.05) is 133 Å². The largest absolute Gasteiger partial charge is 0.236 e. The van der Waals surface area contributed by atoms with E-state index in [9.17, 15) is 0 Å². The number of para-hydroxylation sites is 2. The summed E-state index contributed by atoms with van der Waals surface area (Å²) in [5, 5.41) is 0. The minimum Gasteiger partial charge on any atom is -0.236 e. The molecule has 6 heteroatoms. The first kappa shape index (κ1) is 38.8. The molecule has 0 aliphatic heterocycles. The summed E-state index contributed by atoms with van der Waals surface area (Å²) in [4.78, 5) is 0. The minimum atomic E-state index is -0.807. The van der Waals surface area contributed by atoms with E-state index in [1.165, 1.54) is 83.0 Å². The molecule has 2 aromatic heterocycles. The molecule has 49 heavy (non-hydrogen) atoms. The molecule has 0 N–H and O–H groups in total. The Morgan fingerprint density at radius 1 is 0.469 bits per heavy atom. The zero-order valence-corrected chi connectivity index (χ0v) is 34.0. The van der Waals surface area contributed by atoms with Gasteiger partial charge in [0, 0.05) is 22.3 Å². The van der Waals surface area contributed by atoms with E-state index in [-0.39, 0.29) is 0 Å². The predicted octanol–water partition coefficient (Wildman–Crippen LogP) is 10.3. The zero-order valence-electron chi connectivity index (χ0n) is 34.0. The molecular weight excluding hydrogens is 594 g/mol. The highest BCUT2D eigenvalue weighted by Gasteiger charge is 2.39. The summed E-state index contributed by atoms with van der Waals surface area (Å²) >= 11 is 0. The van der Waals surface area contributed by atoms with Crippen LogP contribution in [-0.2, 0) is 6.67 Å². The van der Waals surface area contributed by atoms with Crippen LogP contribution >= 0.6 is 0 Å². The van der Waals surface area contributed by atoms with Crippen LogP contribution in [0.1, 0.15) is 143 Å². The topological polar surface area (TPSA) is 17.6 Å². The second-order valence-corrected chi connectivity index (χ2v) is 16.7. The van der Waals surface area contributed by atoms with Crippen molar-refractivity contribution in [3.63, 3.8) is 0 Å². The maximum absolute atomic E-state index is 2.64. The molecule has 268 valence electrons. The normalized spacial score (nSPS) is 12.8. The maximum atomic E-state index is 2.64. The van der Waals surface area contributed by atoms with Gasteiger partial charge < -0.3 is 0 Å². The molecule has 0 aliphatic carbocycles. The fourth-order valence-corrected chi connectivity index (χ4v) is 9.36. The van der Waals surface area contributed by atoms with Gasteiger partial charge in [-0.15, -0.1) is 0 Å². The second kappa shape index (κ2) is 15.9. The average molecular weight is 665 g/mol. The number of imidazole rings is 2. The third kappa shape index (κ3) is 7.00. The molecule has 2 aromatic carbocycles. The van der Waals surface area contributed by atoms with Gasteiger partial charge in [0.1, 0.15) is 48.5 Å². The standard InChI is InChI=1S/C43H70B2N4/c1-15-44(16-2,17-3)42-46(27-29-48(42)40-36(32(7)8)23-21-24-37(40)33(9)10)31-47-28-30-49(43(47)45(18-4,19-5)20-6)41-38(34(11)12)25-22-26-39(41)35(13)14/h21-30,32-35H,15-20,31H2,1-14H3. The lowest BCUT2D eigenvalue weighted by Gasteiger charge is -2.35. The summed E-state index contributed by atoms with van der Waals surface area (Å²) in [5.41, 5.74) is 11.6. The second-order valence-electron chi connectivity index (χ2n) is 16.7. The van der Waals surface area contributed by atoms with Crippen LogP contribution in [0.15, 0.2) is 61.2 Å². The number of nitrogens with zero attached hydrogens (tertiary/aromatic N) is 4. The van der Waals surface area contributed by atoms with Crippen LogP contribution in [0, 0.1) is 0 Å². The van der Waals surface area contributed by atoms with Crippen LogP contribution in [0.25, 0.3) is 11.4 Å². The van der Waals surface area contributed by atoms with Gasteiger partial charge in [0.25, 0.3) is 0 Å². The molecule has 4 rings (SSSR count). The van der Waals surface area contributed by atoms with E-state index in [0.717, 1.165) is 6.67 Å². The molecule has 0 spiro atoms. The van der Waals surface area contributed by atoms with E-state index in [1.807, 2.05) is 0 Å². The molecule has 0 atom stereocenters. The van der Waals surface area contributed by atoms with E-state index >= 15 is 0 Å². The van der Waals surface area contributed by atoms with Crippen LogP contribution in [0.2, 0.25) is 37.9 Å². The molecule has 0 bridgehead atoms. The highest BCUT2D eigenvalue weighted by atomic mass is 15.3. The number of benzene rings is 2. The Balaban J connectivity index is 2.11.